The first kappa shape index (κ1) is 19.8. The van der Waals surface area contributed by atoms with E-state index in [2.05, 4.69) is 42.3 Å². The number of pyridine rings is 1. The summed E-state index contributed by atoms with van der Waals surface area (Å²) in [7, 11) is 1.65. The maximum Gasteiger partial charge on any atom is 0.123 e. The average molecular weight is 393 g/mol. The highest BCUT2D eigenvalue weighted by Crippen LogP contribution is 2.39. The van der Waals surface area contributed by atoms with Crippen LogP contribution in [0.2, 0.25) is 0 Å². The summed E-state index contributed by atoms with van der Waals surface area (Å²) >= 11 is 0. The molecule has 1 aliphatic carbocycles. The van der Waals surface area contributed by atoms with Crippen LogP contribution in [-0.4, -0.2) is 18.1 Å². The number of ether oxygens (including phenoxy) is 1. The lowest BCUT2D eigenvalue weighted by atomic mass is 9.91. The molecule has 2 atom stereocenters. The number of hydrogen-bond donors (Lipinski definition) is 1. The van der Waals surface area contributed by atoms with Crippen LogP contribution in [0, 0.1) is 18.7 Å². The lowest BCUT2D eigenvalue weighted by Gasteiger charge is -2.24. The van der Waals surface area contributed by atoms with E-state index in [0.29, 0.717) is 12.0 Å². The van der Waals surface area contributed by atoms with E-state index in [4.69, 9.17) is 4.74 Å². The Bertz CT molecular complexity index is 999. The Morgan fingerprint density at radius 2 is 2.00 bits per heavy atom. The molecular weight excluding hydrogens is 363 g/mol. The molecule has 1 heterocycles. The summed E-state index contributed by atoms with van der Waals surface area (Å²) in [6.07, 6.45) is 5.46. The summed E-state index contributed by atoms with van der Waals surface area (Å²) in [5, 5.41) is 5.04. The lowest BCUT2D eigenvalue weighted by molar-refractivity contribution is 0.383. The van der Waals surface area contributed by atoms with Crippen molar-refractivity contribution in [3.8, 4) is 5.75 Å². The van der Waals surface area contributed by atoms with Crippen LogP contribution in [0.4, 0.5) is 4.39 Å². The second-order valence-electron chi connectivity index (χ2n) is 8.28. The fourth-order valence-corrected chi connectivity index (χ4v) is 4.31. The van der Waals surface area contributed by atoms with E-state index in [-0.39, 0.29) is 11.7 Å². The SMILES string of the molecule is COc1ccc(F)cc1C(C)CC(NCc1c(C)cnc2ccccc12)C1CC1. The van der Waals surface area contributed by atoms with Gasteiger partial charge in [0.2, 0.25) is 0 Å². The molecule has 4 rings (SSSR count). The van der Waals surface area contributed by atoms with Gasteiger partial charge in [0, 0.05) is 24.2 Å². The highest BCUT2D eigenvalue weighted by atomic mass is 19.1. The lowest BCUT2D eigenvalue weighted by Crippen LogP contribution is -2.32. The van der Waals surface area contributed by atoms with E-state index in [1.807, 2.05) is 12.3 Å². The minimum Gasteiger partial charge on any atom is -0.496 e. The Hall–Kier alpha value is -2.46. The second kappa shape index (κ2) is 8.50. The predicted molar refractivity (Wildman–Crippen MR) is 116 cm³/mol. The average Bonchev–Trinajstić information content (AvgIpc) is 3.57. The van der Waals surface area contributed by atoms with Gasteiger partial charge in [-0.3, -0.25) is 4.98 Å². The van der Waals surface area contributed by atoms with Crippen molar-refractivity contribution in [1.82, 2.24) is 10.3 Å². The fourth-order valence-electron chi connectivity index (χ4n) is 4.31. The molecule has 1 aromatic heterocycles. The number of methoxy groups -OCH3 is 1. The minimum absolute atomic E-state index is 0.206. The molecule has 29 heavy (non-hydrogen) atoms. The number of nitrogens with zero attached hydrogens (tertiary/aromatic N) is 1. The van der Waals surface area contributed by atoms with Gasteiger partial charge in [-0.15, -0.1) is 0 Å². The highest BCUT2D eigenvalue weighted by molar-refractivity contribution is 5.82. The number of benzene rings is 2. The van der Waals surface area contributed by atoms with Gasteiger partial charge in [-0.25, -0.2) is 4.39 Å². The fraction of sp³-hybridized carbons (Fsp3) is 0.400. The molecule has 3 aromatic rings. The van der Waals surface area contributed by atoms with Gasteiger partial charge >= 0.3 is 0 Å². The van der Waals surface area contributed by atoms with Crippen molar-refractivity contribution < 1.29 is 9.13 Å². The highest BCUT2D eigenvalue weighted by Gasteiger charge is 2.32. The second-order valence-corrected chi connectivity index (χ2v) is 8.28. The molecule has 1 fully saturated rings. The largest absolute Gasteiger partial charge is 0.496 e. The molecular formula is C25H29FN2O. The van der Waals surface area contributed by atoms with E-state index in [0.717, 1.165) is 29.8 Å². The molecule has 1 aliphatic rings. The van der Waals surface area contributed by atoms with Gasteiger partial charge < -0.3 is 10.1 Å². The molecule has 0 bridgehead atoms. The minimum atomic E-state index is -0.206. The van der Waals surface area contributed by atoms with Crippen molar-refractivity contribution in [1.29, 1.82) is 0 Å². The van der Waals surface area contributed by atoms with Crippen LogP contribution < -0.4 is 10.1 Å². The summed E-state index contributed by atoms with van der Waals surface area (Å²) in [6.45, 7) is 5.12. The van der Waals surface area contributed by atoms with Gasteiger partial charge in [0.1, 0.15) is 11.6 Å². The van der Waals surface area contributed by atoms with E-state index >= 15 is 0 Å². The molecule has 0 saturated heterocycles. The summed E-state index contributed by atoms with van der Waals surface area (Å²) in [5.41, 5.74) is 4.52. The molecule has 152 valence electrons. The summed E-state index contributed by atoms with van der Waals surface area (Å²) in [6, 6.07) is 13.5. The third-order valence-electron chi connectivity index (χ3n) is 6.16. The molecule has 1 N–H and O–H groups in total. The maximum absolute atomic E-state index is 13.8. The zero-order valence-corrected chi connectivity index (χ0v) is 17.4. The van der Waals surface area contributed by atoms with Gasteiger partial charge in [-0.1, -0.05) is 25.1 Å². The normalized spacial score (nSPS) is 16.0. The van der Waals surface area contributed by atoms with E-state index in [1.54, 1.807) is 19.2 Å². The Morgan fingerprint density at radius 3 is 2.76 bits per heavy atom. The van der Waals surface area contributed by atoms with Gasteiger partial charge in [0.25, 0.3) is 0 Å². The maximum atomic E-state index is 13.8. The van der Waals surface area contributed by atoms with Crippen molar-refractivity contribution in [2.75, 3.05) is 7.11 Å². The van der Waals surface area contributed by atoms with E-state index < -0.39 is 0 Å². The van der Waals surface area contributed by atoms with Crippen molar-refractivity contribution in [2.24, 2.45) is 5.92 Å². The zero-order valence-electron chi connectivity index (χ0n) is 17.4. The molecule has 0 radical (unpaired) electrons. The summed E-state index contributed by atoms with van der Waals surface area (Å²) in [4.78, 5) is 4.55. The molecule has 0 aliphatic heterocycles. The molecule has 2 aromatic carbocycles. The number of nitrogens with one attached hydrogen (secondary N) is 1. The topological polar surface area (TPSA) is 34.1 Å². The Morgan fingerprint density at radius 1 is 1.21 bits per heavy atom. The van der Waals surface area contributed by atoms with Crippen molar-refractivity contribution in [2.45, 2.75) is 51.6 Å². The number of rotatable bonds is 8. The molecule has 0 amide bonds. The first-order valence-corrected chi connectivity index (χ1v) is 10.5. The quantitative estimate of drug-likeness (QED) is 0.530. The molecule has 3 nitrogen and oxygen atoms in total. The van der Waals surface area contributed by atoms with E-state index in [9.17, 15) is 4.39 Å². The van der Waals surface area contributed by atoms with Crippen LogP contribution in [0.1, 0.15) is 48.8 Å². The van der Waals surface area contributed by atoms with Crippen molar-refractivity contribution in [3.63, 3.8) is 0 Å². The van der Waals surface area contributed by atoms with Crippen LogP contribution >= 0.6 is 0 Å². The van der Waals surface area contributed by atoms with Crippen molar-refractivity contribution >= 4 is 10.9 Å². The summed E-state index contributed by atoms with van der Waals surface area (Å²) < 4.78 is 19.3. The molecule has 4 heteroatoms. The first-order valence-electron chi connectivity index (χ1n) is 10.5. The third kappa shape index (κ3) is 4.43. The van der Waals surface area contributed by atoms with Crippen molar-refractivity contribution in [3.05, 3.63) is 71.2 Å². The summed E-state index contributed by atoms with van der Waals surface area (Å²) in [5.74, 6) is 1.48. The molecule has 1 saturated carbocycles. The van der Waals surface area contributed by atoms with Gasteiger partial charge in [-0.05, 0) is 79.0 Å². The third-order valence-corrected chi connectivity index (χ3v) is 6.16. The Labute approximate surface area is 172 Å². The van der Waals surface area contributed by atoms with Crippen LogP contribution in [0.15, 0.2) is 48.7 Å². The van der Waals surface area contributed by atoms with Crippen LogP contribution in [0.5, 0.6) is 5.75 Å². The number of aryl methyl sites for hydroxylation is 1. The Balaban J connectivity index is 1.52. The molecule has 0 spiro atoms. The number of halogens is 1. The number of aromatic nitrogens is 1. The van der Waals surface area contributed by atoms with Gasteiger partial charge in [-0.2, -0.15) is 0 Å². The first-order chi connectivity index (χ1) is 14.1. The van der Waals surface area contributed by atoms with Gasteiger partial charge in [0.15, 0.2) is 0 Å². The van der Waals surface area contributed by atoms with Gasteiger partial charge in [0.05, 0.1) is 12.6 Å². The van der Waals surface area contributed by atoms with Crippen LogP contribution in [0.3, 0.4) is 0 Å². The number of fused-ring (bicyclic) bond motifs is 1. The van der Waals surface area contributed by atoms with E-state index in [1.165, 1.54) is 35.4 Å². The monoisotopic (exact) mass is 392 g/mol. The standard InChI is InChI=1S/C25H29FN2O/c1-16(21-13-19(26)10-11-25(21)29-3)12-24(18-8-9-18)28-15-22-17(2)14-27-23-7-5-4-6-20(22)23/h4-7,10-11,13-14,16,18,24,28H,8-9,12,15H2,1-3H3. The Kier molecular flexibility index (Phi) is 5.81. The predicted octanol–water partition coefficient (Wildman–Crippen LogP) is 5.75. The molecule has 2 unspecified atom stereocenters. The van der Waals surface area contributed by atoms with Crippen LogP contribution in [-0.2, 0) is 6.54 Å². The number of para-hydroxylation sites is 1. The number of hydrogen-bond acceptors (Lipinski definition) is 3. The van der Waals surface area contributed by atoms with Crippen LogP contribution in [0.25, 0.3) is 10.9 Å². The zero-order chi connectivity index (χ0) is 20.4. The smallest absolute Gasteiger partial charge is 0.123 e.